The molecule has 0 aliphatic carbocycles. The van der Waals surface area contributed by atoms with Crippen molar-refractivity contribution in [3.05, 3.63) is 33.9 Å². The van der Waals surface area contributed by atoms with Crippen molar-refractivity contribution in [2.24, 2.45) is 0 Å². The van der Waals surface area contributed by atoms with Crippen LogP contribution in [0.2, 0.25) is 0 Å². The molecule has 0 aromatic heterocycles. The maximum Gasteiger partial charge on any atom is 0.312 e. The van der Waals surface area contributed by atoms with Crippen molar-refractivity contribution < 1.29 is 14.5 Å². The Morgan fingerprint density at radius 3 is 2.71 bits per heavy atom. The minimum absolute atomic E-state index is 0.0169. The molecule has 0 fully saturated rings. The third-order valence-corrected chi connectivity index (χ3v) is 2.16. The van der Waals surface area contributed by atoms with Crippen molar-refractivity contribution >= 4 is 11.5 Å². The summed E-state index contributed by atoms with van der Waals surface area (Å²) in [6, 6.07) is 5.63. The molecular formula is C11H10N2O4. The maximum absolute atomic E-state index is 11.0. The second-order valence-electron chi connectivity index (χ2n) is 3.42. The van der Waals surface area contributed by atoms with Crippen LogP contribution in [0, 0.1) is 21.4 Å². The van der Waals surface area contributed by atoms with E-state index in [-0.39, 0.29) is 22.8 Å². The Balaban J connectivity index is 3.12. The molecule has 1 unspecified atom stereocenters. The van der Waals surface area contributed by atoms with Crippen LogP contribution >= 0.6 is 0 Å². The molecule has 0 amide bonds. The number of nitro groups is 1. The third kappa shape index (κ3) is 3.01. The van der Waals surface area contributed by atoms with E-state index in [2.05, 4.69) is 0 Å². The highest BCUT2D eigenvalue weighted by Gasteiger charge is 2.19. The quantitative estimate of drug-likeness (QED) is 0.585. The number of nitro benzene ring substituents is 1. The van der Waals surface area contributed by atoms with Gasteiger partial charge < -0.3 is 4.74 Å². The van der Waals surface area contributed by atoms with Gasteiger partial charge in [0, 0.05) is 6.07 Å². The monoisotopic (exact) mass is 234 g/mol. The Labute approximate surface area is 97.6 Å². The van der Waals surface area contributed by atoms with Gasteiger partial charge in [-0.15, -0.1) is 0 Å². The Bertz CT molecular complexity index is 505. The highest BCUT2D eigenvalue weighted by molar-refractivity contribution is 5.80. The van der Waals surface area contributed by atoms with E-state index in [9.17, 15) is 14.9 Å². The fourth-order valence-corrected chi connectivity index (χ4v) is 1.10. The van der Waals surface area contributed by atoms with Crippen molar-refractivity contribution in [3.63, 3.8) is 0 Å². The number of benzene rings is 1. The number of Topliss-reactive ketones (excluding diaryl/α,β-unsaturated/α-hetero) is 1. The molecule has 1 atom stereocenters. The SMILES string of the molecule is CC(=O)C(C)Oc1ccc(C#N)cc1[N+](=O)[O-]. The van der Waals surface area contributed by atoms with E-state index in [0.717, 1.165) is 6.07 Å². The van der Waals surface area contributed by atoms with Gasteiger partial charge >= 0.3 is 5.69 Å². The maximum atomic E-state index is 11.0. The molecule has 88 valence electrons. The van der Waals surface area contributed by atoms with Gasteiger partial charge in [-0.3, -0.25) is 14.9 Å². The molecule has 0 saturated heterocycles. The van der Waals surface area contributed by atoms with Gasteiger partial charge in [0.2, 0.25) is 0 Å². The summed E-state index contributed by atoms with van der Waals surface area (Å²) in [5, 5.41) is 19.4. The van der Waals surface area contributed by atoms with E-state index in [1.807, 2.05) is 0 Å². The summed E-state index contributed by atoms with van der Waals surface area (Å²) in [6.45, 7) is 2.84. The van der Waals surface area contributed by atoms with Crippen molar-refractivity contribution in [2.45, 2.75) is 20.0 Å². The zero-order valence-corrected chi connectivity index (χ0v) is 9.34. The van der Waals surface area contributed by atoms with Crippen LogP contribution in [-0.2, 0) is 4.79 Å². The third-order valence-electron chi connectivity index (χ3n) is 2.16. The number of ketones is 1. The van der Waals surface area contributed by atoms with Crippen LogP contribution in [0.4, 0.5) is 5.69 Å². The van der Waals surface area contributed by atoms with E-state index in [0.29, 0.717) is 0 Å². The first-order chi connectivity index (χ1) is 7.95. The number of ether oxygens (including phenoxy) is 1. The summed E-state index contributed by atoms with van der Waals surface area (Å²) >= 11 is 0. The molecule has 1 aromatic carbocycles. The molecule has 1 rings (SSSR count). The lowest BCUT2D eigenvalue weighted by atomic mass is 10.2. The Morgan fingerprint density at radius 2 is 2.24 bits per heavy atom. The van der Waals surface area contributed by atoms with Crippen LogP contribution in [0.25, 0.3) is 0 Å². The van der Waals surface area contributed by atoms with Crippen LogP contribution in [-0.4, -0.2) is 16.8 Å². The number of nitriles is 1. The van der Waals surface area contributed by atoms with Gasteiger partial charge in [0.05, 0.1) is 16.6 Å². The zero-order chi connectivity index (χ0) is 13.0. The Morgan fingerprint density at radius 1 is 1.59 bits per heavy atom. The molecule has 6 nitrogen and oxygen atoms in total. The number of nitrogens with zero attached hydrogens (tertiary/aromatic N) is 2. The summed E-state index contributed by atoms with van der Waals surface area (Å²) in [5.74, 6) is -0.250. The van der Waals surface area contributed by atoms with Crippen LogP contribution in [0.15, 0.2) is 18.2 Å². The molecule has 17 heavy (non-hydrogen) atoms. The van der Waals surface area contributed by atoms with E-state index in [1.54, 1.807) is 6.07 Å². The molecule has 0 aliphatic rings. The van der Waals surface area contributed by atoms with Crippen molar-refractivity contribution in [1.82, 2.24) is 0 Å². The van der Waals surface area contributed by atoms with E-state index in [1.165, 1.54) is 26.0 Å². The summed E-state index contributed by atoms with van der Waals surface area (Å²) < 4.78 is 5.17. The topological polar surface area (TPSA) is 93.2 Å². The molecule has 0 N–H and O–H groups in total. The summed E-state index contributed by atoms with van der Waals surface area (Å²) in [4.78, 5) is 21.1. The lowest BCUT2D eigenvalue weighted by molar-refractivity contribution is -0.386. The van der Waals surface area contributed by atoms with E-state index >= 15 is 0 Å². The van der Waals surface area contributed by atoms with Gasteiger partial charge in [-0.2, -0.15) is 5.26 Å². The van der Waals surface area contributed by atoms with Gasteiger partial charge in [-0.05, 0) is 26.0 Å². The van der Waals surface area contributed by atoms with Gasteiger partial charge in [0.25, 0.3) is 0 Å². The fraction of sp³-hybridized carbons (Fsp3) is 0.273. The summed E-state index contributed by atoms with van der Waals surface area (Å²) in [7, 11) is 0. The number of carbonyl (C=O) groups is 1. The molecule has 0 bridgehead atoms. The van der Waals surface area contributed by atoms with Crippen LogP contribution in [0.1, 0.15) is 19.4 Å². The molecule has 0 spiro atoms. The minimum Gasteiger partial charge on any atom is -0.476 e. The van der Waals surface area contributed by atoms with Crippen molar-refractivity contribution in [1.29, 1.82) is 5.26 Å². The normalized spacial score (nSPS) is 11.4. The minimum atomic E-state index is -0.762. The number of hydrogen-bond donors (Lipinski definition) is 0. The average molecular weight is 234 g/mol. The fourth-order valence-electron chi connectivity index (χ4n) is 1.10. The van der Waals surface area contributed by atoms with Crippen molar-refractivity contribution in [3.8, 4) is 11.8 Å². The van der Waals surface area contributed by atoms with Gasteiger partial charge in [0.1, 0.15) is 0 Å². The molecular weight excluding hydrogens is 224 g/mol. The van der Waals surface area contributed by atoms with Gasteiger partial charge in [-0.1, -0.05) is 0 Å². The van der Waals surface area contributed by atoms with Crippen LogP contribution in [0.3, 0.4) is 0 Å². The number of carbonyl (C=O) groups excluding carboxylic acids is 1. The predicted molar refractivity (Wildman–Crippen MR) is 58.6 cm³/mol. The smallest absolute Gasteiger partial charge is 0.312 e. The largest absolute Gasteiger partial charge is 0.476 e. The van der Waals surface area contributed by atoms with Crippen LogP contribution in [0.5, 0.6) is 5.75 Å². The van der Waals surface area contributed by atoms with Gasteiger partial charge in [-0.25, -0.2) is 0 Å². The predicted octanol–water partition coefficient (Wildman–Crippen LogP) is 1.82. The number of hydrogen-bond acceptors (Lipinski definition) is 5. The number of rotatable bonds is 4. The molecule has 0 radical (unpaired) electrons. The first-order valence-electron chi connectivity index (χ1n) is 4.81. The molecule has 6 heteroatoms. The second-order valence-corrected chi connectivity index (χ2v) is 3.42. The van der Waals surface area contributed by atoms with E-state index < -0.39 is 11.0 Å². The molecule has 0 heterocycles. The molecule has 0 saturated carbocycles. The zero-order valence-electron chi connectivity index (χ0n) is 9.34. The lowest BCUT2D eigenvalue weighted by Gasteiger charge is -2.11. The first-order valence-corrected chi connectivity index (χ1v) is 4.81. The van der Waals surface area contributed by atoms with E-state index in [4.69, 9.17) is 10.00 Å². The first kappa shape index (κ1) is 12.6. The summed E-state index contributed by atoms with van der Waals surface area (Å²) in [6.07, 6.45) is -0.762. The van der Waals surface area contributed by atoms with Crippen LogP contribution < -0.4 is 4.74 Å². The van der Waals surface area contributed by atoms with Gasteiger partial charge in [0.15, 0.2) is 17.6 Å². The second kappa shape index (κ2) is 5.07. The standard InChI is InChI=1S/C11H10N2O4/c1-7(14)8(2)17-11-4-3-9(6-12)5-10(11)13(15)16/h3-5,8H,1-2H3. The lowest BCUT2D eigenvalue weighted by Crippen LogP contribution is -2.21. The molecule has 0 aliphatic heterocycles. The van der Waals surface area contributed by atoms with Crippen molar-refractivity contribution in [2.75, 3.05) is 0 Å². The Kier molecular flexibility index (Phi) is 3.78. The summed E-state index contributed by atoms with van der Waals surface area (Å²) in [5.41, 5.74) is -0.156. The average Bonchev–Trinajstić information content (AvgIpc) is 2.29. The molecule has 1 aromatic rings. The Hall–Kier alpha value is -2.42. The highest BCUT2D eigenvalue weighted by atomic mass is 16.6. The highest BCUT2D eigenvalue weighted by Crippen LogP contribution is 2.28.